The molecule has 1 N–H and O–H groups in total. The molecule has 1 amide bonds. The number of carbonyl (C=O) groups excluding carboxylic acids is 1. The topological polar surface area (TPSA) is 84.4 Å². The van der Waals surface area contributed by atoms with Crippen molar-refractivity contribution in [3.8, 4) is 11.3 Å². The summed E-state index contributed by atoms with van der Waals surface area (Å²) in [6.45, 7) is 3.27. The van der Waals surface area contributed by atoms with Crippen molar-refractivity contribution in [3.63, 3.8) is 0 Å². The van der Waals surface area contributed by atoms with Gasteiger partial charge in [-0.2, -0.15) is 5.10 Å². The van der Waals surface area contributed by atoms with E-state index in [0.717, 1.165) is 43.4 Å². The number of piperidine rings is 1. The van der Waals surface area contributed by atoms with Crippen LogP contribution in [0.5, 0.6) is 0 Å². The van der Waals surface area contributed by atoms with Gasteiger partial charge in [-0.25, -0.2) is 0 Å². The summed E-state index contributed by atoms with van der Waals surface area (Å²) < 4.78 is 7.15. The Balaban J connectivity index is 1.54. The minimum atomic E-state index is -0.297. The summed E-state index contributed by atoms with van der Waals surface area (Å²) in [6.07, 6.45) is 6.22. The fourth-order valence-electron chi connectivity index (χ4n) is 4.34. The molecule has 25 heavy (non-hydrogen) atoms. The van der Waals surface area contributed by atoms with Crippen LogP contribution in [0.25, 0.3) is 11.3 Å². The Morgan fingerprint density at radius 2 is 2.20 bits per heavy atom. The zero-order chi connectivity index (χ0) is 17.6. The number of amides is 1. The Kier molecular flexibility index (Phi) is 3.91. The predicted octanol–water partition coefficient (Wildman–Crippen LogP) is 2.15. The summed E-state index contributed by atoms with van der Waals surface area (Å²) in [7, 11) is 1.86. The van der Waals surface area contributed by atoms with Crippen molar-refractivity contribution in [2.45, 2.75) is 45.1 Å². The minimum absolute atomic E-state index is 0.116. The van der Waals surface area contributed by atoms with Gasteiger partial charge in [0.15, 0.2) is 11.5 Å². The van der Waals surface area contributed by atoms with Crippen LogP contribution in [0.4, 0.5) is 0 Å². The zero-order valence-electron chi connectivity index (χ0n) is 14.7. The molecular formula is C18H24N4O3. The second kappa shape index (κ2) is 5.98. The van der Waals surface area contributed by atoms with E-state index in [1.165, 1.54) is 0 Å². The van der Waals surface area contributed by atoms with Crippen LogP contribution in [0.15, 0.2) is 16.8 Å². The monoisotopic (exact) mass is 344 g/mol. The third-order valence-corrected chi connectivity index (χ3v) is 5.98. The van der Waals surface area contributed by atoms with Crippen LogP contribution in [0.3, 0.4) is 0 Å². The Labute approximate surface area is 146 Å². The molecule has 2 atom stereocenters. The van der Waals surface area contributed by atoms with Gasteiger partial charge in [0.05, 0.1) is 17.9 Å². The Bertz CT molecular complexity index is 796. The number of hydrogen-bond acceptors (Lipinski definition) is 5. The van der Waals surface area contributed by atoms with Gasteiger partial charge in [-0.3, -0.25) is 9.48 Å². The molecule has 3 heterocycles. The third-order valence-electron chi connectivity index (χ3n) is 5.98. The van der Waals surface area contributed by atoms with Gasteiger partial charge < -0.3 is 14.5 Å². The minimum Gasteiger partial charge on any atom is -0.392 e. The number of likely N-dealkylation sites (tertiary alicyclic amines) is 1. The van der Waals surface area contributed by atoms with E-state index in [2.05, 4.69) is 10.3 Å². The molecule has 4 rings (SSSR count). The van der Waals surface area contributed by atoms with Crippen molar-refractivity contribution in [2.24, 2.45) is 12.5 Å². The maximum Gasteiger partial charge on any atom is 0.276 e. The van der Waals surface area contributed by atoms with Crippen LogP contribution >= 0.6 is 0 Å². The van der Waals surface area contributed by atoms with Crippen LogP contribution < -0.4 is 0 Å². The van der Waals surface area contributed by atoms with Gasteiger partial charge in [-0.15, -0.1) is 0 Å². The van der Waals surface area contributed by atoms with Crippen molar-refractivity contribution in [3.05, 3.63) is 23.7 Å². The summed E-state index contributed by atoms with van der Waals surface area (Å²) in [5, 5.41) is 18.6. The molecular weight excluding hydrogens is 320 g/mol. The van der Waals surface area contributed by atoms with Crippen molar-refractivity contribution >= 4 is 5.91 Å². The second-order valence-electron chi connectivity index (χ2n) is 7.44. The molecule has 0 unspecified atom stereocenters. The summed E-state index contributed by atoms with van der Waals surface area (Å²) in [4.78, 5) is 14.7. The van der Waals surface area contributed by atoms with Crippen LogP contribution in [-0.4, -0.2) is 50.0 Å². The van der Waals surface area contributed by atoms with E-state index >= 15 is 0 Å². The summed E-state index contributed by atoms with van der Waals surface area (Å²) in [5.41, 5.74) is 2.00. The molecule has 1 aliphatic carbocycles. The van der Waals surface area contributed by atoms with E-state index in [4.69, 9.17) is 4.52 Å². The molecule has 2 aliphatic rings. The first-order valence-electron chi connectivity index (χ1n) is 8.93. The number of aromatic nitrogens is 3. The molecule has 1 spiro atoms. The Hall–Kier alpha value is -2.15. The summed E-state index contributed by atoms with van der Waals surface area (Å²) >= 11 is 0. The smallest absolute Gasteiger partial charge is 0.276 e. The van der Waals surface area contributed by atoms with Crippen LogP contribution in [-0.2, 0) is 7.05 Å². The highest BCUT2D eigenvalue weighted by Gasteiger charge is 2.46. The number of aryl methyl sites for hydroxylation is 1. The first-order valence-corrected chi connectivity index (χ1v) is 8.93. The van der Waals surface area contributed by atoms with E-state index < -0.39 is 0 Å². The standard InChI is InChI=1S/C18H24N4O3/c1-12-13(10-19-21(12)2)15-9-14(20-25-15)17(24)22-8-4-7-18(11-22)6-3-5-16(18)23/h9-10,16,23H,3-8,11H2,1-2H3/t16-,18-/m1/s1. The van der Waals surface area contributed by atoms with E-state index in [1.54, 1.807) is 16.9 Å². The van der Waals surface area contributed by atoms with E-state index in [9.17, 15) is 9.90 Å². The third kappa shape index (κ3) is 2.66. The van der Waals surface area contributed by atoms with Crippen molar-refractivity contribution in [2.75, 3.05) is 13.1 Å². The maximum atomic E-state index is 12.9. The fraction of sp³-hybridized carbons (Fsp3) is 0.611. The normalized spacial score (nSPS) is 26.5. The first-order chi connectivity index (χ1) is 12.0. The maximum absolute atomic E-state index is 12.9. The molecule has 1 saturated carbocycles. The largest absolute Gasteiger partial charge is 0.392 e. The second-order valence-corrected chi connectivity index (χ2v) is 7.44. The average molecular weight is 344 g/mol. The molecule has 2 fully saturated rings. The lowest BCUT2D eigenvalue weighted by Crippen LogP contribution is -2.49. The molecule has 2 aromatic heterocycles. The van der Waals surface area contributed by atoms with Crippen molar-refractivity contribution in [1.82, 2.24) is 19.8 Å². The van der Waals surface area contributed by atoms with Crippen molar-refractivity contribution < 1.29 is 14.4 Å². The molecule has 134 valence electrons. The number of nitrogens with zero attached hydrogens (tertiary/aromatic N) is 4. The van der Waals surface area contributed by atoms with Gasteiger partial charge >= 0.3 is 0 Å². The highest BCUT2D eigenvalue weighted by Crippen LogP contribution is 2.45. The molecule has 7 nitrogen and oxygen atoms in total. The lowest BCUT2D eigenvalue weighted by Gasteiger charge is -2.42. The molecule has 0 bridgehead atoms. The molecule has 0 aromatic carbocycles. The SMILES string of the molecule is Cc1c(-c2cc(C(=O)N3CCC[C@]4(CCC[C@H]4O)C3)no2)cnn1C. The Morgan fingerprint density at radius 3 is 2.88 bits per heavy atom. The number of hydrogen-bond donors (Lipinski definition) is 1. The van der Waals surface area contributed by atoms with Crippen molar-refractivity contribution in [1.29, 1.82) is 0 Å². The molecule has 1 saturated heterocycles. The van der Waals surface area contributed by atoms with Crippen LogP contribution in [0.1, 0.15) is 48.3 Å². The highest BCUT2D eigenvalue weighted by molar-refractivity contribution is 5.93. The first kappa shape index (κ1) is 16.3. The van der Waals surface area contributed by atoms with Crippen LogP contribution in [0.2, 0.25) is 0 Å². The van der Waals surface area contributed by atoms with Gasteiger partial charge in [0.1, 0.15) is 0 Å². The van der Waals surface area contributed by atoms with Gasteiger partial charge in [0.25, 0.3) is 5.91 Å². The quantitative estimate of drug-likeness (QED) is 0.902. The Morgan fingerprint density at radius 1 is 1.40 bits per heavy atom. The van der Waals surface area contributed by atoms with Crippen LogP contribution in [0, 0.1) is 12.3 Å². The summed E-state index contributed by atoms with van der Waals surface area (Å²) in [5.74, 6) is 0.441. The number of rotatable bonds is 2. The molecule has 1 aliphatic heterocycles. The molecule has 0 radical (unpaired) electrons. The number of aliphatic hydroxyl groups is 1. The summed E-state index contributed by atoms with van der Waals surface area (Å²) in [6, 6.07) is 1.69. The molecule has 7 heteroatoms. The van der Waals surface area contributed by atoms with Gasteiger partial charge in [0.2, 0.25) is 0 Å². The number of aliphatic hydroxyl groups excluding tert-OH is 1. The lowest BCUT2D eigenvalue weighted by molar-refractivity contribution is -0.00566. The van der Waals surface area contributed by atoms with Gasteiger partial charge in [-0.1, -0.05) is 11.6 Å². The number of carbonyl (C=O) groups is 1. The lowest BCUT2D eigenvalue weighted by atomic mass is 9.76. The highest BCUT2D eigenvalue weighted by atomic mass is 16.5. The van der Waals surface area contributed by atoms with E-state index in [0.29, 0.717) is 24.5 Å². The average Bonchev–Trinajstić information content (AvgIpc) is 3.30. The van der Waals surface area contributed by atoms with E-state index in [-0.39, 0.29) is 17.4 Å². The van der Waals surface area contributed by atoms with Gasteiger partial charge in [-0.05, 0) is 32.6 Å². The fourth-order valence-corrected chi connectivity index (χ4v) is 4.34. The molecule has 2 aromatic rings. The predicted molar refractivity (Wildman–Crippen MR) is 90.9 cm³/mol. The van der Waals surface area contributed by atoms with E-state index in [1.807, 2.05) is 18.9 Å². The zero-order valence-corrected chi connectivity index (χ0v) is 14.7. The van der Waals surface area contributed by atoms with Gasteiger partial charge in [0, 0.05) is 37.3 Å².